The minimum Gasteiger partial charge on any atom is -0.508 e. The molecule has 9 aliphatic rings. The molecule has 9 saturated carbocycles. The Morgan fingerprint density at radius 3 is 1.19 bits per heavy atom. The number of aromatic hydroxyl groups is 2. The van der Waals surface area contributed by atoms with Gasteiger partial charge < -0.3 is 83.1 Å². The summed E-state index contributed by atoms with van der Waals surface area (Å²) >= 11 is 0. The second-order valence-electron chi connectivity index (χ2n) is 42.1. The highest BCUT2D eigenvalue weighted by atomic mass is 16.6. The molecule has 23 nitrogen and oxygen atoms in total. The van der Waals surface area contributed by atoms with Crippen LogP contribution in [-0.4, -0.2) is 121 Å². The lowest BCUT2D eigenvalue weighted by Gasteiger charge is -2.61. The minimum absolute atomic E-state index is 0. The Hall–Kier alpha value is -9.88. The Kier molecular flexibility index (Phi) is 63.1. The number of carbonyl (C=O) groups is 6. The number of hydrogen-bond acceptors (Lipinski definition) is 22. The quantitative estimate of drug-likeness (QED) is 0.0112. The predicted octanol–water partition coefficient (Wildman–Crippen LogP) is 30.9. The van der Waals surface area contributed by atoms with Crippen molar-refractivity contribution in [3.8, 4) is 57.1 Å². The van der Waals surface area contributed by atoms with Gasteiger partial charge in [0.1, 0.15) is 76.5 Å². The normalized spacial score (nSPS) is 20.9. The number of esters is 5. The Balaban J connectivity index is -0.000000883. The van der Waals surface area contributed by atoms with Crippen molar-refractivity contribution in [2.75, 3.05) is 20.3 Å². The summed E-state index contributed by atoms with van der Waals surface area (Å²) in [5, 5.41) is 66.7. The molecule has 0 heterocycles. The van der Waals surface area contributed by atoms with Gasteiger partial charge in [0.05, 0.1) is 78.2 Å². The van der Waals surface area contributed by atoms with Gasteiger partial charge in [0.15, 0.2) is 0 Å². The van der Waals surface area contributed by atoms with Gasteiger partial charge in [-0.25, -0.2) is 0 Å². The van der Waals surface area contributed by atoms with E-state index in [1.165, 1.54) is 24.1 Å². The number of phenols is 2. The van der Waals surface area contributed by atoms with Crippen LogP contribution in [0.1, 0.15) is 400 Å². The number of phenolic OH excluding ortho intramolecular Hbond substituents is 2. The van der Waals surface area contributed by atoms with Crippen molar-refractivity contribution < 1.29 is 112 Å². The molecular formula is C125H204O23. The number of carboxylic acids is 1. The van der Waals surface area contributed by atoms with Crippen molar-refractivity contribution >= 4 is 35.8 Å². The van der Waals surface area contributed by atoms with Gasteiger partial charge >= 0.3 is 35.8 Å². The molecular weight excluding hydrogens is 1870 g/mol. The number of ether oxygens (including phenoxy) is 10. The average molecular weight is 2070 g/mol. The maximum Gasteiger partial charge on any atom is 0.317 e. The zero-order valence-corrected chi connectivity index (χ0v) is 84.3. The summed E-state index contributed by atoms with van der Waals surface area (Å²) in [4.78, 5) is 72.9. The highest BCUT2D eigenvalue weighted by Gasteiger charge is 2.65. The van der Waals surface area contributed by atoms with E-state index in [1.807, 2.05) is 160 Å². The van der Waals surface area contributed by atoms with Gasteiger partial charge in [0, 0.05) is 42.2 Å². The molecule has 0 aliphatic heterocycles. The fourth-order valence-electron chi connectivity index (χ4n) is 19.6. The third-order valence-corrected chi connectivity index (χ3v) is 29.0. The van der Waals surface area contributed by atoms with Crippen LogP contribution in [0.5, 0.6) is 46.0 Å². The summed E-state index contributed by atoms with van der Waals surface area (Å²) in [6.45, 7) is 35.8. The van der Waals surface area contributed by atoms with Crippen molar-refractivity contribution in [2.45, 2.75) is 428 Å². The van der Waals surface area contributed by atoms with E-state index < -0.39 is 38.8 Å². The number of rotatable bonds is 34. The maximum atomic E-state index is 13.4. The summed E-state index contributed by atoms with van der Waals surface area (Å²) in [6.07, 6.45) is 19.8. The number of carbonyl (C=O) groups excluding carboxylic acids is 5. The van der Waals surface area contributed by atoms with E-state index in [-0.39, 0.29) is 199 Å². The predicted molar refractivity (Wildman–Crippen MR) is 607 cm³/mol. The average Bonchev–Trinajstić information content (AvgIpc) is 0.719. The van der Waals surface area contributed by atoms with Gasteiger partial charge in [-0.15, -0.1) is 0 Å². The first-order valence-electron chi connectivity index (χ1n) is 49.5. The first-order chi connectivity index (χ1) is 64.4. The third kappa shape index (κ3) is 39.4. The van der Waals surface area contributed by atoms with E-state index in [1.54, 1.807) is 69.5 Å². The van der Waals surface area contributed by atoms with Gasteiger partial charge in [-0.2, -0.15) is 0 Å². The topological polar surface area (TPSA) is 336 Å². The van der Waals surface area contributed by atoms with Crippen molar-refractivity contribution in [2.24, 2.45) is 57.2 Å². The fraction of sp³-hybridized carbons (Fsp3) is 0.616. The van der Waals surface area contributed by atoms with Crippen LogP contribution in [0, 0.1) is 57.2 Å². The SMILES string of the molecule is C.C.C.C.C.C.C.C.C.C.C.C.CCC(C)(C)C(=O)O.CCC(C)(C)C(=O)OC12CC3CC(C1)CC(C(=O)Oc1ccc(COC)cc1)(C3)C2.CCC(C)(C)C(=O)OC12CC3CC(C1)CC(OC1CCCCC1Oc1c(CO)cc(C(C)(C)C)cc1CO)(C3)C2.CCC(C)C(=O)Oc1ccc(O)cc1.CCC(C)C(=O)Oc1ccc(OCCOc2c(CO)cc(-c3ccccc3)cc2CO)cc1.CCC(C)c1ccc(O)cc1. The Bertz CT molecular complexity index is 4910. The summed E-state index contributed by atoms with van der Waals surface area (Å²) in [5.74, 6) is 4.41. The number of methoxy groups -OCH3 is 1. The lowest BCUT2D eigenvalue weighted by molar-refractivity contribution is -0.258. The van der Waals surface area contributed by atoms with Crippen LogP contribution in [-0.2, 0) is 86.2 Å². The van der Waals surface area contributed by atoms with Crippen molar-refractivity contribution in [1.29, 1.82) is 0 Å². The third-order valence-electron chi connectivity index (χ3n) is 29.0. The van der Waals surface area contributed by atoms with Crippen molar-refractivity contribution in [3.63, 3.8) is 0 Å². The molecule has 9 fully saturated rings. The number of benzene rings is 7. The van der Waals surface area contributed by atoms with Crippen LogP contribution in [0.3, 0.4) is 0 Å². The monoisotopic (exact) mass is 2070 g/mol. The van der Waals surface area contributed by atoms with Gasteiger partial charge in [-0.1, -0.05) is 233 Å². The van der Waals surface area contributed by atoms with Crippen LogP contribution in [0.2, 0.25) is 0 Å². The van der Waals surface area contributed by atoms with Gasteiger partial charge in [0.2, 0.25) is 0 Å². The molecule has 842 valence electrons. The van der Waals surface area contributed by atoms with E-state index in [4.69, 9.17) is 62.7 Å². The zero-order chi connectivity index (χ0) is 99.7. The second-order valence-corrected chi connectivity index (χ2v) is 42.1. The van der Waals surface area contributed by atoms with Crippen LogP contribution in [0.25, 0.3) is 11.1 Å². The molecule has 7 N–H and O–H groups in total. The van der Waals surface area contributed by atoms with E-state index >= 15 is 0 Å². The molecule has 148 heavy (non-hydrogen) atoms. The molecule has 23 heteroatoms. The lowest BCUT2D eigenvalue weighted by Crippen LogP contribution is -2.63. The van der Waals surface area contributed by atoms with Gasteiger partial charge in [-0.3, -0.25) is 28.8 Å². The Morgan fingerprint density at radius 2 is 0.791 bits per heavy atom. The molecule has 0 aromatic heterocycles. The van der Waals surface area contributed by atoms with E-state index in [9.17, 15) is 49.2 Å². The number of aliphatic hydroxyl groups is 4. The molecule has 9 aliphatic carbocycles. The number of aliphatic hydroxyl groups excluding tert-OH is 4. The van der Waals surface area contributed by atoms with E-state index in [0.29, 0.717) is 100 Å². The number of aliphatic carboxylic acids is 1. The van der Waals surface area contributed by atoms with Crippen LogP contribution >= 0.6 is 0 Å². The molecule has 16 rings (SSSR count). The highest BCUT2D eigenvalue weighted by molar-refractivity contribution is 5.81. The molecule has 0 saturated heterocycles. The highest BCUT2D eigenvalue weighted by Crippen LogP contribution is 2.65. The largest absolute Gasteiger partial charge is 0.508 e. The molecule has 9 atom stereocenters. The summed E-state index contributed by atoms with van der Waals surface area (Å²) in [5.41, 5.74) is 4.62. The summed E-state index contributed by atoms with van der Waals surface area (Å²) in [7, 11) is 1.66. The lowest BCUT2D eigenvalue weighted by atomic mass is 9.48. The first-order valence-corrected chi connectivity index (χ1v) is 49.5. The smallest absolute Gasteiger partial charge is 0.317 e. The van der Waals surface area contributed by atoms with Crippen LogP contribution < -0.4 is 28.4 Å². The van der Waals surface area contributed by atoms with Gasteiger partial charge in [-0.05, 0) is 323 Å². The van der Waals surface area contributed by atoms with Crippen LogP contribution in [0.4, 0.5) is 0 Å². The van der Waals surface area contributed by atoms with E-state index in [0.717, 1.165) is 155 Å². The van der Waals surface area contributed by atoms with Crippen molar-refractivity contribution in [3.05, 3.63) is 191 Å². The molecule has 0 radical (unpaired) electrons. The van der Waals surface area contributed by atoms with E-state index in [2.05, 4.69) is 41.5 Å². The minimum atomic E-state index is -0.722. The first kappa shape index (κ1) is 144. The number of carboxylic acid groups (broad SMARTS) is 1. The molecule has 0 spiro atoms. The van der Waals surface area contributed by atoms with Gasteiger partial charge in [0.25, 0.3) is 0 Å². The summed E-state index contributed by atoms with van der Waals surface area (Å²) < 4.78 is 59.5. The molecule has 0 amide bonds. The van der Waals surface area contributed by atoms with Crippen LogP contribution in [0.15, 0.2) is 152 Å². The Morgan fingerprint density at radius 1 is 0.412 bits per heavy atom. The summed E-state index contributed by atoms with van der Waals surface area (Å²) in [6, 6.07) is 45.4. The zero-order valence-electron chi connectivity index (χ0n) is 84.3. The van der Waals surface area contributed by atoms with Crippen molar-refractivity contribution in [1.82, 2.24) is 0 Å². The second kappa shape index (κ2) is 64.7. The standard InChI is InChI=1S/C34H52O6.C27H30O6.C25H34O5.C11H14O3.C10H14O.C6H12O2.12CH4/c1-7-32(5,6)30(37)40-34-17-22-12-23(18-34)16-33(15-22,21-34)39-28-11-9-8-10-27(28)38-29-24(19-35)13-26(31(2,3)4)14-25(29)20-36;1-3-19(2)27(30)33-25-11-9-24(10-12-25)31-13-14-32-26-22(17-28)15-21(16-23(26)18-29)20-7-5-4-6-8-20;1-5-23(2,3)21(26)30-25-13-18-10-19(14-25)12-24(11-18,16-25)22(27)29-20-8-6-17(7-9-20)15-28-4;1-3-8(2)11(13)14-10-6-4-9(12)5-7-10;1-3-8(2)9-4-6-10(11)7-5-9;1-4-6(2,3)5(7)8;;;;;;;;;;;;/h13-14,22-23,27-28,35-36H,7-12,15-21H2,1-6H3;4-12,15-16,19,28-29H,3,13-14,17-18H2,1-2H3;6-9,18-19H,5,10-16H2,1-4H3;4-8,12H,3H2,1-2H3;4-8,11H,3H2,1-2H3;4H2,1-3H3,(H,7,8);12*1H4. The molecule has 9 unspecified atom stereocenters. The molecule has 7 aromatic carbocycles. The Labute approximate surface area is 896 Å². The fourth-order valence-corrected chi connectivity index (χ4v) is 19.6. The molecule has 8 bridgehead atoms. The number of hydrogen-bond donors (Lipinski definition) is 7. The maximum absolute atomic E-state index is 13.4. The molecule has 7 aromatic rings.